The van der Waals surface area contributed by atoms with Gasteiger partial charge in [-0.3, -0.25) is 4.79 Å². The number of fused-ring (bicyclic) bond motifs is 3. The largest absolute Gasteiger partial charge is 0.356 e. The summed E-state index contributed by atoms with van der Waals surface area (Å²) < 4.78 is 14.3. The van der Waals surface area contributed by atoms with E-state index >= 15 is 0 Å². The summed E-state index contributed by atoms with van der Waals surface area (Å²) in [5.74, 6) is -1.53. The third-order valence-corrected chi connectivity index (χ3v) is 6.78. The number of nitrogens with zero attached hydrogens (tertiary/aromatic N) is 3. The number of nitriles is 2. The highest BCUT2D eigenvalue weighted by Gasteiger charge is 2.64. The molecule has 3 atom stereocenters. The predicted octanol–water partition coefficient (Wildman–Crippen LogP) is 5.63. The number of ketones is 1. The smallest absolute Gasteiger partial charge is 0.185 e. The van der Waals surface area contributed by atoms with Gasteiger partial charge >= 0.3 is 0 Å². The van der Waals surface area contributed by atoms with E-state index < -0.39 is 29.2 Å². The predicted molar refractivity (Wildman–Crippen MR) is 122 cm³/mol. The average Bonchev–Trinajstić information content (AvgIpc) is 3.15. The Morgan fingerprint density at radius 1 is 0.970 bits per heavy atom. The van der Waals surface area contributed by atoms with Crippen molar-refractivity contribution < 1.29 is 9.18 Å². The molecule has 5 heteroatoms. The minimum Gasteiger partial charge on any atom is -0.356 e. The third kappa shape index (κ3) is 2.97. The van der Waals surface area contributed by atoms with E-state index in [9.17, 15) is 19.7 Å². The van der Waals surface area contributed by atoms with E-state index in [2.05, 4.69) is 12.1 Å². The Morgan fingerprint density at radius 3 is 2.36 bits per heavy atom. The molecule has 2 aliphatic heterocycles. The van der Waals surface area contributed by atoms with Crippen molar-refractivity contribution in [3.05, 3.63) is 113 Å². The van der Waals surface area contributed by atoms with Crippen molar-refractivity contribution in [2.45, 2.75) is 24.9 Å². The van der Waals surface area contributed by atoms with Crippen LogP contribution in [0.4, 0.5) is 4.39 Å². The monoisotopic (exact) mass is 433 g/mol. The van der Waals surface area contributed by atoms with Gasteiger partial charge in [-0.25, -0.2) is 4.39 Å². The molecule has 0 aliphatic carbocycles. The lowest BCUT2D eigenvalue weighted by atomic mass is 9.67. The summed E-state index contributed by atoms with van der Waals surface area (Å²) in [5, 5.41) is 21.0. The lowest BCUT2D eigenvalue weighted by Gasteiger charge is -2.36. The van der Waals surface area contributed by atoms with Gasteiger partial charge in [0.1, 0.15) is 11.9 Å². The minimum absolute atomic E-state index is 0.203. The number of hydrogen-bond acceptors (Lipinski definition) is 4. The van der Waals surface area contributed by atoms with Gasteiger partial charge < -0.3 is 4.90 Å². The highest BCUT2D eigenvalue weighted by atomic mass is 19.1. The van der Waals surface area contributed by atoms with Gasteiger partial charge in [0.25, 0.3) is 0 Å². The van der Waals surface area contributed by atoms with Crippen LogP contribution < -0.4 is 0 Å². The van der Waals surface area contributed by atoms with Crippen LogP contribution in [0.2, 0.25) is 0 Å². The van der Waals surface area contributed by atoms with E-state index in [0.717, 1.165) is 16.7 Å². The van der Waals surface area contributed by atoms with E-state index in [-0.39, 0.29) is 5.78 Å². The van der Waals surface area contributed by atoms with Crippen molar-refractivity contribution in [3.63, 3.8) is 0 Å². The zero-order chi connectivity index (χ0) is 23.2. The van der Waals surface area contributed by atoms with Gasteiger partial charge in [-0.05, 0) is 41.3 Å². The Balaban J connectivity index is 1.81. The van der Waals surface area contributed by atoms with Crippen LogP contribution in [-0.4, -0.2) is 16.7 Å². The molecule has 5 rings (SSSR count). The molecule has 0 saturated carbocycles. The Kier molecular flexibility index (Phi) is 4.84. The molecule has 3 aromatic carbocycles. The second-order valence-electron chi connectivity index (χ2n) is 8.55. The maximum atomic E-state index is 14.3. The summed E-state index contributed by atoms with van der Waals surface area (Å²) in [4.78, 5) is 15.8. The van der Waals surface area contributed by atoms with Crippen LogP contribution >= 0.6 is 0 Å². The van der Waals surface area contributed by atoms with E-state index in [1.54, 1.807) is 36.4 Å². The molecule has 33 heavy (non-hydrogen) atoms. The van der Waals surface area contributed by atoms with Crippen molar-refractivity contribution >= 4 is 11.4 Å². The van der Waals surface area contributed by atoms with E-state index in [0.29, 0.717) is 11.1 Å². The standard InChI is InChI=1S/C28H20FN3O/c1-18-15-32-25(26(33)19-8-3-2-4-9-19)24(20-10-7-11-21(29)14-20)28(16-30,17-31)27(32)23-13-6-5-12-22(18)23/h2-15,24-25,27H,1H3/t24-,25-,27+/m1/s1. The normalized spacial score (nSPS) is 22.4. The van der Waals surface area contributed by atoms with Gasteiger partial charge in [-0.15, -0.1) is 0 Å². The number of benzene rings is 3. The highest BCUT2D eigenvalue weighted by molar-refractivity contribution is 6.01. The number of rotatable bonds is 3. The van der Waals surface area contributed by atoms with Gasteiger partial charge in [0, 0.05) is 17.7 Å². The summed E-state index contributed by atoms with van der Waals surface area (Å²) in [6.45, 7) is 1.95. The van der Waals surface area contributed by atoms with Crippen molar-refractivity contribution in [1.29, 1.82) is 10.5 Å². The highest BCUT2D eigenvalue weighted by Crippen LogP contribution is 2.60. The first-order chi connectivity index (χ1) is 16.0. The van der Waals surface area contributed by atoms with Crippen LogP contribution in [0.5, 0.6) is 0 Å². The number of halogens is 1. The van der Waals surface area contributed by atoms with Gasteiger partial charge in [-0.1, -0.05) is 66.7 Å². The Labute approximate surface area is 191 Å². The van der Waals surface area contributed by atoms with Gasteiger partial charge in [-0.2, -0.15) is 10.5 Å². The molecule has 160 valence electrons. The van der Waals surface area contributed by atoms with Gasteiger partial charge in [0.15, 0.2) is 11.2 Å². The SMILES string of the molecule is CC1=CN2[C@@H](c3ccccc31)C(C#N)(C#N)[C@H](c1cccc(F)c1)[C@@H]2C(=O)c1ccccc1. The van der Waals surface area contributed by atoms with Crippen LogP contribution in [-0.2, 0) is 0 Å². The molecule has 4 nitrogen and oxygen atoms in total. The molecule has 0 N–H and O–H groups in total. The number of hydrogen-bond donors (Lipinski definition) is 0. The molecule has 0 amide bonds. The van der Waals surface area contributed by atoms with Crippen LogP contribution in [0.3, 0.4) is 0 Å². The zero-order valence-corrected chi connectivity index (χ0v) is 17.9. The first-order valence-corrected chi connectivity index (χ1v) is 10.7. The minimum atomic E-state index is -1.60. The van der Waals surface area contributed by atoms with Crippen molar-refractivity contribution in [2.24, 2.45) is 5.41 Å². The Morgan fingerprint density at radius 2 is 1.67 bits per heavy atom. The molecule has 0 bridgehead atoms. The Bertz CT molecular complexity index is 1350. The third-order valence-electron chi connectivity index (χ3n) is 6.78. The van der Waals surface area contributed by atoms with Crippen LogP contribution in [0.15, 0.2) is 85.1 Å². The van der Waals surface area contributed by atoms with Crippen LogP contribution in [0.1, 0.15) is 45.9 Å². The fraction of sp³-hybridized carbons (Fsp3) is 0.179. The lowest BCUT2D eigenvalue weighted by molar-refractivity contribution is 0.0874. The summed E-state index contributed by atoms with van der Waals surface area (Å²) in [6.07, 6.45) is 1.88. The maximum Gasteiger partial charge on any atom is 0.185 e. The average molecular weight is 433 g/mol. The van der Waals surface area contributed by atoms with Crippen molar-refractivity contribution in [2.75, 3.05) is 0 Å². The second kappa shape index (κ2) is 7.73. The number of Topliss-reactive ketones (excluding diaryl/α,β-unsaturated/α-hetero) is 1. The molecule has 0 aromatic heterocycles. The second-order valence-corrected chi connectivity index (χ2v) is 8.55. The first kappa shape index (κ1) is 20.7. The molecule has 0 spiro atoms. The summed E-state index contributed by atoms with van der Waals surface area (Å²) >= 11 is 0. The molecule has 3 aromatic rings. The summed E-state index contributed by atoms with van der Waals surface area (Å²) in [7, 11) is 0. The first-order valence-electron chi connectivity index (χ1n) is 10.7. The molecule has 2 aliphatic rings. The molecule has 2 heterocycles. The van der Waals surface area contributed by atoms with Crippen molar-refractivity contribution in [3.8, 4) is 12.1 Å². The topological polar surface area (TPSA) is 67.9 Å². The zero-order valence-electron chi connectivity index (χ0n) is 17.9. The van der Waals surface area contributed by atoms with Gasteiger partial charge in [0.05, 0.1) is 18.2 Å². The van der Waals surface area contributed by atoms with Gasteiger partial charge in [0.2, 0.25) is 0 Å². The van der Waals surface area contributed by atoms with E-state index in [1.165, 1.54) is 12.1 Å². The number of carbonyl (C=O) groups is 1. The summed E-state index contributed by atoms with van der Waals surface area (Å²) in [6, 6.07) is 25.5. The van der Waals surface area contributed by atoms with Crippen LogP contribution in [0, 0.1) is 33.9 Å². The molecule has 0 unspecified atom stereocenters. The number of allylic oxidation sites excluding steroid dienone is 1. The number of carbonyl (C=O) groups excluding carboxylic acids is 1. The van der Waals surface area contributed by atoms with E-state index in [4.69, 9.17) is 0 Å². The Hall–Kier alpha value is -4.22. The summed E-state index contributed by atoms with van der Waals surface area (Å²) in [5.41, 5.74) is 2.06. The lowest BCUT2D eigenvalue weighted by Crippen LogP contribution is -2.38. The maximum absolute atomic E-state index is 14.3. The van der Waals surface area contributed by atoms with Crippen molar-refractivity contribution in [1.82, 2.24) is 4.90 Å². The molecule has 0 radical (unpaired) electrons. The quantitative estimate of drug-likeness (QED) is 0.503. The molecule has 1 fully saturated rings. The molecule has 1 saturated heterocycles. The molecular weight excluding hydrogens is 413 g/mol. The fourth-order valence-corrected chi connectivity index (χ4v) is 5.43. The molecular formula is C28H20FN3O. The fourth-order valence-electron chi connectivity index (χ4n) is 5.43. The van der Waals surface area contributed by atoms with Crippen LogP contribution in [0.25, 0.3) is 5.57 Å². The van der Waals surface area contributed by atoms with E-state index in [1.807, 2.05) is 48.4 Å².